The first-order valence-corrected chi connectivity index (χ1v) is 5.86. The molecule has 2 aromatic rings. The number of nitrogens with zero attached hydrogens (tertiary/aromatic N) is 2. The number of nitro groups is 1. The number of rotatable bonds is 4. The second kappa shape index (κ2) is 5.11. The van der Waals surface area contributed by atoms with Crippen molar-refractivity contribution in [2.24, 2.45) is 0 Å². The van der Waals surface area contributed by atoms with E-state index in [-0.39, 0.29) is 18.0 Å². The summed E-state index contributed by atoms with van der Waals surface area (Å²) in [5.74, 6) is 0.163. The number of aromatic nitrogens is 1. The van der Waals surface area contributed by atoms with Gasteiger partial charge < -0.3 is 4.74 Å². The molecule has 17 heavy (non-hydrogen) atoms. The standard InChI is InChI=1S/C10H7ClN2O3S/c11-7-1-2-9(13(14)15)10(3-7)16-5-8-4-12-6-17-8/h1-4,6H,5H2. The van der Waals surface area contributed by atoms with E-state index in [1.54, 1.807) is 11.7 Å². The van der Waals surface area contributed by atoms with Crippen LogP contribution in [0.15, 0.2) is 29.9 Å². The molecule has 0 aliphatic heterocycles. The first-order valence-electron chi connectivity index (χ1n) is 4.61. The number of thiazole rings is 1. The van der Waals surface area contributed by atoms with Gasteiger partial charge in [0.2, 0.25) is 0 Å². The maximum atomic E-state index is 10.8. The van der Waals surface area contributed by atoms with E-state index in [0.29, 0.717) is 5.02 Å². The lowest BCUT2D eigenvalue weighted by atomic mass is 10.3. The Balaban J connectivity index is 2.19. The van der Waals surface area contributed by atoms with Crippen LogP contribution in [0.2, 0.25) is 5.02 Å². The third-order valence-electron chi connectivity index (χ3n) is 1.97. The summed E-state index contributed by atoms with van der Waals surface area (Å²) >= 11 is 7.19. The zero-order valence-corrected chi connectivity index (χ0v) is 10.1. The number of nitro benzene ring substituents is 1. The molecule has 0 aliphatic rings. The van der Waals surface area contributed by atoms with Gasteiger partial charge in [-0.15, -0.1) is 11.3 Å². The maximum absolute atomic E-state index is 10.8. The van der Waals surface area contributed by atoms with E-state index in [2.05, 4.69) is 4.98 Å². The van der Waals surface area contributed by atoms with Gasteiger partial charge in [0.25, 0.3) is 0 Å². The van der Waals surface area contributed by atoms with E-state index >= 15 is 0 Å². The summed E-state index contributed by atoms with van der Waals surface area (Å²) in [7, 11) is 0. The monoisotopic (exact) mass is 270 g/mol. The molecular formula is C10H7ClN2O3S. The predicted octanol–water partition coefficient (Wildman–Crippen LogP) is 3.28. The van der Waals surface area contributed by atoms with Gasteiger partial charge >= 0.3 is 5.69 Å². The van der Waals surface area contributed by atoms with Crippen molar-refractivity contribution in [3.8, 4) is 5.75 Å². The molecule has 0 N–H and O–H groups in total. The van der Waals surface area contributed by atoms with Gasteiger partial charge in [0, 0.05) is 23.4 Å². The summed E-state index contributed by atoms with van der Waals surface area (Å²) in [6.07, 6.45) is 1.65. The van der Waals surface area contributed by atoms with E-state index in [4.69, 9.17) is 16.3 Å². The zero-order valence-electron chi connectivity index (χ0n) is 8.50. The second-order valence-corrected chi connectivity index (χ2v) is 4.53. The molecule has 0 aliphatic carbocycles. The minimum atomic E-state index is -0.502. The Hall–Kier alpha value is -1.66. The Bertz CT molecular complexity index is 530. The summed E-state index contributed by atoms with van der Waals surface area (Å²) in [4.78, 5) is 15.0. The van der Waals surface area contributed by atoms with Gasteiger partial charge in [-0.2, -0.15) is 0 Å². The van der Waals surface area contributed by atoms with Crippen molar-refractivity contribution in [2.75, 3.05) is 0 Å². The van der Waals surface area contributed by atoms with E-state index in [9.17, 15) is 10.1 Å². The van der Waals surface area contributed by atoms with E-state index in [0.717, 1.165) is 4.88 Å². The molecule has 0 unspecified atom stereocenters. The Morgan fingerprint density at radius 2 is 2.35 bits per heavy atom. The molecule has 0 bridgehead atoms. The Morgan fingerprint density at radius 3 is 3.00 bits per heavy atom. The van der Waals surface area contributed by atoms with Crippen LogP contribution in [0, 0.1) is 10.1 Å². The number of hydrogen-bond donors (Lipinski definition) is 0. The molecule has 0 saturated carbocycles. The van der Waals surface area contributed by atoms with Crippen molar-refractivity contribution < 1.29 is 9.66 Å². The van der Waals surface area contributed by atoms with Crippen molar-refractivity contribution in [3.63, 3.8) is 0 Å². The second-order valence-electron chi connectivity index (χ2n) is 3.13. The van der Waals surface area contributed by atoms with Crippen LogP contribution >= 0.6 is 22.9 Å². The van der Waals surface area contributed by atoms with Crippen LogP contribution in [0.1, 0.15) is 4.88 Å². The topological polar surface area (TPSA) is 65.3 Å². The summed E-state index contributed by atoms with van der Waals surface area (Å²) in [6.45, 7) is 0.242. The van der Waals surface area contributed by atoms with E-state index in [1.165, 1.54) is 29.5 Å². The lowest BCUT2D eigenvalue weighted by Crippen LogP contribution is -1.97. The summed E-state index contributed by atoms with van der Waals surface area (Å²) in [5, 5.41) is 11.2. The van der Waals surface area contributed by atoms with Crippen LogP contribution in [0.25, 0.3) is 0 Å². The smallest absolute Gasteiger partial charge is 0.311 e. The Morgan fingerprint density at radius 1 is 1.53 bits per heavy atom. The van der Waals surface area contributed by atoms with Crippen molar-refractivity contribution in [1.82, 2.24) is 4.98 Å². The third-order valence-corrected chi connectivity index (χ3v) is 2.96. The molecule has 0 atom stereocenters. The molecule has 1 aromatic carbocycles. The fourth-order valence-corrected chi connectivity index (χ4v) is 1.88. The van der Waals surface area contributed by atoms with Crippen molar-refractivity contribution in [3.05, 3.63) is 49.9 Å². The van der Waals surface area contributed by atoms with Gasteiger partial charge in [-0.1, -0.05) is 11.6 Å². The first kappa shape index (κ1) is 11.8. The highest BCUT2D eigenvalue weighted by Gasteiger charge is 2.15. The van der Waals surface area contributed by atoms with Crippen molar-refractivity contribution in [1.29, 1.82) is 0 Å². The molecule has 0 amide bonds. The first-order chi connectivity index (χ1) is 8.16. The van der Waals surface area contributed by atoms with Crippen molar-refractivity contribution >= 4 is 28.6 Å². The molecule has 88 valence electrons. The Kier molecular flexibility index (Phi) is 3.55. The van der Waals surface area contributed by atoms with Gasteiger partial charge in [-0.3, -0.25) is 15.1 Å². The highest BCUT2D eigenvalue weighted by atomic mass is 35.5. The molecule has 0 fully saturated rings. The van der Waals surface area contributed by atoms with Crippen LogP contribution in [-0.2, 0) is 6.61 Å². The van der Waals surface area contributed by atoms with Gasteiger partial charge in [0.05, 0.1) is 15.3 Å². The molecule has 1 aromatic heterocycles. The number of ether oxygens (including phenoxy) is 1. The maximum Gasteiger partial charge on any atom is 0.311 e. The normalized spacial score (nSPS) is 10.2. The van der Waals surface area contributed by atoms with Gasteiger partial charge in [0.1, 0.15) is 6.61 Å². The molecule has 1 heterocycles. The highest BCUT2D eigenvalue weighted by molar-refractivity contribution is 7.09. The van der Waals surface area contributed by atoms with Crippen LogP contribution in [-0.4, -0.2) is 9.91 Å². The van der Waals surface area contributed by atoms with E-state index < -0.39 is 4.92 Å². The molecule has 7 heteroatoms. The molecule has 5 nitrogen and oxygen atoms in total. The lowest BCUT2D eigenvalue weighted by Gasteiger charge is -2.05. The predicted molar refractivity (Wildman–Crippen MR) is 64.6 cm³/mol. The lowest BCUT2D eigenvalue weighted by molar-refractivity contribution is -0.385. The minimum Gasteiger partial charge on any atom is -0.481 e. The molecule has 2 rings (SSSR count). The van der Waals surface area contributed by atoms with Crippen LogP contribution < -0.4 is 4.74 Å². The fraction of sp³-hybridized carbons (Fsp3) is 0.100. The number of hydrogen-bond acceptors (Lipinski definition) is 5. The quantitative estimate of drug-likeness (QED) is 0.632. The summed E-state index contributed by atoms with van der Waals surface area (Å²) < 4.78 is 5.37. The van der Waals surface area contributed by atoms with Gasteiger partial charge in [-0.05, 0) is 6.07 Å². The fourth-order valence-electron chi connectivity index (χ4n) is 1.22. The van der Waals surface area contributed by atoms with Crippen LogP contribution in [0.3, 0.4) is 0 Å². The third kappa shape index (κ3) is 2.92. The van der Waals surface area contributed by atoms with E-state index in [1.807, 2.05) is 0 Å². The van der Waals surface area contributed by atoms with Crippen molar-refractivity contribution in [2.45, 2.75) is 6.61 Å². The Labute approximate surface area is 106 Å². The molecule has 0 spiro atoms. The minimum absolute atomic E-state index is 0.0982. The van der Waals surface area contributed by atoms with Crippen LogP contribution in [0.5, 0.6) is 5.75 Å². The molecular weight excluding hydrogens is 264 g/mol. The number of halogens is 1. The van der Waals surface area contributed by atoms with Gasteiger partial charge in [0.15, 0.2) is 5.75 Å². The summed E-state index contributed by atoms with van der Waals surface area (Å²) in [6, 6.07) is 4.21. The average Bonchev–Trinajstić information content (AvgIpc) is 2.78. The molecule has 0 saturated heterocycles. The number of benzene rings is 1. The molecule has 0 radical (unpaired) electrons. The van der Waals surface area contributed by atoms with Gasteiger partial charge in [-0.25, -0.2) is 0 Å². The summed E-state index contributed by atoms with van der Waals surface area (Å²) in [5.41, 5.74) is 1.57. The zero-order chi connectivity index (χ0) is 12.3. The average molecular weight is 271 g/mol. The SMILES string of the molecule is O=[N+]([O-])c1ccc(Cl)cc1OCc1cncs1. The highest BCUT2D eigenvalue weighted by Crippen LogP contribution is 2.30. The largest absolute Gasteiger partial charge is 0.481 e. The van der Waals surface area contributed by atoms with Crippen LogP contribution in [0.4, 0.5) is 5.69 Å².